The first-order valence-electron chi connectivity index (χ1n) is 6.13. The van der Waals surface area contributed by atoms with Crippen LogP contribution in [0.25, 0.3) is 0 Å². The summed E-state index contributed by atoms with van der Waals surface area (Å²) in [5.74, 6) is 0.844. The number of aliphatic hydroxyl groups is 1. The van der Waals surface area contributed by atoms with Gasteiger partial charge in [-0.05, 0) is 36.1 Å². The molecule has 94 valence electrons. The second-order valence-corrected chi connectivity index (χ2v) is 4.40. The van der Waals surface area contributed by atoms with Gasteiger partial charge in [-0.3, -0.25) is 0 Å². The Morgan fingerprint density at radius 3 is 2.00 bits per heavy atom. The van der Waals surface area contributed by atoms with Crippen molar-refractivity contribution in [2.24, 2.45) is 0 Å². The summed E-state index contributed by atoms with van der Waals surface area (Å²) in [5, 5.41) is 10.1. The Labute approximate surface area is 108 Å². The van der Waals surface area contributed by atoms with Crippen LogP contribution in [0.4, 0.5) is 0 Å². The van der Waals surface area contributed by atoms with Crippen molar-refractivity contribution in [2.75, 3.05) is 7.11 Å². The molecule has 1 N–H and O–H groups in total. The maximum atomic E-state index is 10.1. The summed E-state index contributed by atoms with van der Waals surface area (Å²) in [6, 6.07) is 17.9. The van der Waals surface area contributed by atoms with E-state index in [0.29, 0.717) is 12.8 Å². The van der Waals surface area contributed by atoms with Gasteiger partial charge in [-0.2, -0.15) is 0 Å². The Balaban J connectivity index is 1.92. The van der Waals surface area contributed by atoms with Gasteiger partial charge >= 0.3 is 0 Å². The first-order valence-corrected chi connectivity index (χ1v) is 6.13. The molecule has 2 aromatic carbocycles. The number of hydrogen-bond acceptors (Lipinski definition) is 2. The fraction of sp³-hybridized carbons (Fsp3) is 0.250. The maximum Gasteiger partial charge on any atom is 0.118 e. The lowest BCUT2D eigenvalue weighted by atomic mass is 10.0. The molecule has 0 heterocycles. The number of methoxy groups -OCH3 is 1. The molecule has 2 rings (SSSR count). The van der Waals surface area contributed by atoms with Gasteiger partial charge in [0.05, 0.1) is 13.2 Å². The molecule has 1 atom stereocenters. The zero-order valence-corrected chi connectivity index (χ0v) is 10.5. The molecule has 0 saturated heterocycles. The number of benzene rings is 2. The quantitative estimate of drug-likeness (QED) is 0.873. The van der Waals surface area contributed by atoms with E-state index in [1.54, 1.807) is 7.11 Å². The molecule has 18 heavy (non-hydrogen) atoms. The van der Waals surface area contributed by atoms with Gasteiger partial charge in [-0.1, -0.05) is 42.5 Å². The van der Waals surface area contributed by atoms with Gasteiger partial charge in [-0.25, -0.2) is 0 Å². The highest BCUT2D eigenvalue weighted by molar-refractivity contribution is 5.27. The van der Waals surface area contributed by atoms with E-state index in [2.05, 4.69) is 0 Å². The Hall–Kier alpha value is -1.80. The molecule has 0 aromatic heterocycles. The average molecular weight is 242 g/mol. The van der Waals surface area contributed by atoms with E-state index in [1.807, 2.05) is 54.6 Å². The smallest absolute Gasteiger partial charge is 0.118 e. The molecule has 1 unspecified atom stereocenters. The minimum atomic E-state index is -0.346. The van der Waals surface area contributed by atoms with E-state index in [4.69, 9.17) is 4.74 Å². The van der Waals surface area contributed by atoms with Crippen molar-refractivity contribution in [1.29, 1.82) is 0 Å². The summed E-state index contributed by atoms with van der Waals surface area (Å²) in [6.45, 7) is 0. The minimum absolute atomic E-state index is 0.346. The Kier molecular flexibility index (Phi) is 4.37. The van der Waals surface area contributed by atoms with Crippen molar-refractivity contribution in [3.63, 3.8) is 0 Å². The fourth-order valence-corrected chi connectivity index (χ4v) is 1.99. The molecule has 2 heteroatoms. The van der Waals surface area contributed by atoms with Crippen LogP contribution in [0.1, 0.15) is 11.1 Å². The normalized spacial score (nSPS) is 12.1. The highest BCUT2D eigenvalue weighted by Gasteiger charge is 2.06. The molecule has 0 saturated carbocycles. The van der Waals surface area contributed by atoms with Crippen LogP contribution >= 0.6 is 0 Å². The van der Waals surface area contributed by atoms with Crippen LogP contribution in [0.15, 0.2) is 54.6 Å². The summed E-state index contributed by atoms with van der Waals surface area (Å²) in [6.07, 6.45) is 1.01. The summed E-state index contributed by atoms with van der Waals surface area (Å²) in [5.41, 5.74) is 2.29. The van der Waals surface area contributed by atoms with Gasteiger partial charge < -0.3 is 9.84 Å². The van der Waals surface area contributed by atoms with Crippen molar-refractivity contribution in [3.8, 4) is 5.75 Å². The number of rotatable bonds is 5. The second kappa shape index (κ2) is 6.22. The topological polar surface area (TPSA) is 29.5 Å². The average Bonchev–Trinajstić information content (AvgIpc) is 2.40. The van der Waals surface area contributed by atoms with E-state index in [9.17, 15) is 5.11 Å². The Morgan fingerprint density at radius 1 is 0.889 bits per heavy atom. The summed E-state index contributed by atoms with van der Waals surface area (Å²) >= 11 is 0. The van der Waals surface area contributed by atoms with E-state index in [-0.39, 0.29) is 6.10 Å². The van der Waals surface area contributed by atoms with E-state index >= 15 is 0 Å². The highest BCUT2D eigenvalue weighted by atomic mass is 16.5. The van der Waals surface area contributed by atoms with Crippen LogP contribution in [0.3, 0.4) is 0 Å². The lowest BCUT2D eigenvalue weighted by molar-refractivity contribution is 0.175. The lowest BCUT2D eigenvalue weighted by Crippen LogP contribution is -2.13. The van der Waals surface area contributed by atoms with Gasteiger partial charge in [0.2, 0.25) is 0 Å². The van der Waals surface area contributed by atoms with Gasteiger partial charge in [0.15, 0.2) is 0 Å². The van der Waals surface area contributed by atoms with Crippen molar-refractivity contribution in [1.82, 2.24) is 0 Å². The molecule has 2 aromatic rings. The van der Waals surface area contributed by atoms with Gasteiger partial charge in [0.25, 0.3) is 0 Å². The minimum Gasteiger partial charge on any atom is -0.497 e. The summed E-state index contributed by atoms with van der Waals surface area (Å²) in [7, 11) is 1.65. The predicted molar refractivity (Wildman–Crippen MR) is 72.9 cm³/mol. The van der Waals surface area contributed by atoms with Crippen molar-refractivity contribution >= 4 is 0 Å². The highest BCUT2D eigenvalue weighted by Crippen LogP contribution is 2.14. The third-order valence-corrected chi connectivity index (χ3v) is 2.94. The maximum absolute atomic E-state index is 10.1. The van der Waals surface area contributed by atoms with Crippen LogP contribution in [-0.2, 0) is 12.8 Å². The molecular weight excluding hydrogens is 224 g/mol. The van der Waals surface area contributed by atoms with Crippen LogP contribution in [0.2, 0.25) is 0 Å². The number of hydrogen-bond donors (Lipinski definition) is 1. The van der Waals surface area contributed by atoms with Crippen LogP contribution < -0.4 is 4.74 Å². The first kappa shape index (κ1) is 12.7. The summed E-state index contributed by atoms with van der Waals surface area (Å²) in [4.78, 5) is 0. The monoisotopic (exact) mass is 242 g/mol. The van der Waals surface area contributed by atoms with Crippen LogP contribution in [0, 0.1) is 0 Å². The third kappa shape index (κ3) is 3.60. The molecule has 0 fully saturated rings. The first-order chi connectivity index (χ1) is 8.78. The molecule has 0 aliphatic rings. The number of ether oxygens (including phenoxy) is 1. The zero-order chi connectivity index (χ0) is 12.8. The third-order valence-electron chi connectivity index (χ3n) is 2.94. The van der Waals surface area contributed by atoms with Crippen molar-refractivity contribution in [2.45, 2.75) is 18.9 Å². The largest absolute Gasteiger partial charge is 0.497 e. The van der Waals surface area contributed by atoms with Crippen molar-refractivity contribution in [3.05, 3.63) is 65.7 Å². The second-order valence-electron chi connectivity index (χ2n) is 4.40. The van der Waals surface area contributed by atoms with Gasteiger partial charge in [0.1, 0.15) is 5.75 Å². The molecule has 0 radical (unpaired) electrons. The molecular formula is C16H18O2. The summed E-state index contributed by atoms with van der Waals surface area (Å²) < 4.78 is 5.11. The van der Waals surface area contributed by atoms with Crippen molar-refractivity contribution < 1.29 is 9.84 Å². The van der Waals surface area contributed by atoms with Gasteiger partial charge in [0, 0.05) is 0 Å². The Bertz CT molecular complexity index is 462. The fourth-order valence-electron chi connectivity index (χ4n) is 1.99. The molecule has 0 bridgehead atoms. The van der Waals surface area contributed by atoms with Crippen LogP contribution in [-0.4, -0.2) is 18.3 Å². The zero-order valence-electron chi connectivity index (χ0n) is 10.5. The predicted octanol–water partition coefficient (Wildman–Crippen LogP) is 2.84. The van der Waals surface area contributed by atoms with Crippen LogP contribution in [0.5, 0.6) is 5.75 Å². The lowest BCUT2D eigenvalue weighted by Gasteiger charge is -2.11. The SMILES string of the molecule is COc1ccc(CC(O)Cc2ccccc2)cc1. The standard InChI is InChI=1S/C16H18O2/c1-18-16-9-7-14(8-10-16)12-15(17)11-13-5-3-2-4-6-13/h2-10,15,17H,11-12H2,1H3. The molecule has 0 spiro atoms. The Morgan fingerprint density at radius 2 is 1.44 bits per heavy atom. The number of aliphatic hydroxyl groups excluding tert-OH is 1. The molecule has 0 aliphatic carbocycles. The molecule has 2 nitrogen and oxygen atoms in total. The molecule has 0 amide bonds. The van der Waals surface area contributed by atoms with Gasteiger partial charge in [-0.15, -0.1) is 0 Å². The van der Waals surface area contributed by atoms with E-state index in [1.165, 1.54) is 5.56 Å². The van der Waals surface area contributed by atoms with E-state index in [0.717, 1.165) is 11.3 Å². The molecule has 0 aliphatic heterocycles. The van der Waals surface area contributed by atoms with E-state index < -0.39 is 0 Å².